The van der Waals surface area contributed by atoms with Gasteiger partial charge >= 0.3 is 0 Å². The Morgan fingerprint density at radius 3 is 2.86 bits per heavy atom. The largest absolute Gasteiger partial charge is 0.395 e. The molecule has 0 fully saturated rings. The molecule has 2 N–H and O–H groups in total. The molecule has 80 valence electrons. The Morgan fingerprint density at radius 2 is 2.36 bits per heavy atom. The van der Waals surface area contributed by atoms with Gasteiger partial charge in [0, 0.05) is 11.1 Å². The summed E-state index contributed by atoms with van der Waals surface area (Å²) < 4.78 is 24.6. The molecule has 0 amide bonds. The molecule has 0 aliphatic carbocycles. The van der Waals surface area contributed by atoms with Crippen molar-refractivity contribution in [2.75, 3.05) is 12.4 Å². The summed E-state index contributed by atoms with van der Waals surface area (Å²) in [5.74, 6) is -0.267. The van der Waals surface area contributed by atoms with Crippen LogP contribution in [0.3, 0.4) is 0 Å². The Bertz CT molecular complexity index is 385. The van der Waals surface area contributed by atoms with Crippen LogP contribution in [0, 0.1) is 6.92 Å². The number of hydrogen-bond donors (Lipinski definition) is 2. The summed E-state index contributed by atoms with van der Waals surface area (Å²) in [6.07, 6.45) is 0. The van der Waals surface area contributed by atoms with E-state index in [1.165, 1.54) is 11.3 Å². The molecular weight excluding hydrogens is 224 g/mol. The molecule has 5 nitrogen and oxygen atoms in total. The molecule has 7 heteroatoms. The zero-order valence-electron chi connectivity index (χ0n) is 7.73. The number of hydrogen-bond acceptors (Lipinski definition) is 5. The number of aliphatic hydroxyl groups is 1. The smallest absolute Gasteiger partial charge is 0.214 e. The van der Waals surface area contributed by atoms with Crippen molar-refractivity contribution in [1.82, 2.24) is 9.71 Å². The molecule has 0 radical (unpaired) electrons. The lowest BCUT2D eigenvalue weighted by Crippen LogP contribution is -2.27. The third-order valence-electron chi connectivity index (χ3n) is 1.47. The maximum atomic E-state index is 11.1. The molecule has 0 aliphatic rings. The average Bonchev–Trinajstić information content (AvgIpc) is 2.48. The van der Waals surface area contributed by atoms with Crippen molar-refractivity contribution in [3.63, 3.8) is 0 Å². The Labute approximate surface area is 86.9 Å². The second-order valence-corrected chi connectivity index (χ2v) is 5.62. The van der Waals surface area contributed by atoms with Crippen molar-refractivity contribution in [3.05, 3.63) is 16.1 Å². The monoisotopic (exact) mass is 236 g/mol. The van der Waals surface area contributed by atoms with E-state index in [2.05, 4.69) is 9.71 Å². The predicted octanol–water partition coefficient (Wildman–Crippen LogP) is -0.137. The number of aryl methyl sites for hydroxylation is 1. The Kier molecular flexibility index (Phi) is 3.99. The first-order valence-electron chi connectivity index (χ1n) is 4.03. The van der Waals surface area contributed by atoms with Gasteiger partial charge in [-0.2, -0.15) is 0 Å². The second kappa shape index (κ2) is 4.83. The van der Waals surface area contributed by atoms with E-state index in [9.17, 15) is 8.42 Å². The number of sulfonamides is 1. The minimum Gasteiger partial charge on any atom is -0.395 e. The van der Waals surface area contributed by atoms with Crippen LogP contribution in [0.15, 0.2) is 5.38 Å². The van der Waals surface area contributed by atoms with Crippen molar-refractivity contribution in [1.29, 1.82) is 0 Å². The second-order valence-electron chi connectivity index (χ2n) is 2.75. The van der Waals surface area contributed by atoms with Crippen LogP contribution in [-0.4, -0.2) is 30.9 Å². The first-order chi connectivity index (χ1) is 6.53. The Morgan fingerprint density at radius 1 is 1.64 bits per heavy atom. The van der Waals surface area contributed by atoms with Crippen LogP contribution >= 0.6 is 11.3 Å². The molecule has 1 heterocycles. The number of nitrogens with one attached hydrogen (secondary N) is 1. The summed E-state index contributed by atoms with van der Waals surface area (Å²) in [6.45, 7) is 1.68. The molecule has 1 aromatic heterocycles. The summed E-state index contributed by atoms with van der Waals surface area (Å²) >= 11 is 1.41. The van der Waals surface area contributed by atoms with Crippen LogP contribution in [0.2, 0.25) is 0 Å². The van der Waals surface area contributed by atoms with Crippen LogP contribution < -0.4 is 4.72 Å². The fourth-order valence-electron chi connectivity index (χ4n) is 0.848. The highest BCUT2D eigenvalue weighted by Crippen LogP contribution is 2.08. The van der Waals surface area contributed by atoms with E-state index in [0.29, 0.717) is 0 Å². The standard InChI is InChI=1S/C7H12N2O3S2/c1-6-5-13-7(9-6)4-8-14(11,12)3-2-10/h5,8,10H,2-4H2,1H3. The zero-order chi connectivity index (χ0) is 10.6. The highest BCUT2D eigenvalue weighted by atomic mass is 32.2. The first kappa shape index (κ1) is 11.6. The molecule has 1 rings (SSSR count). The summed E-state index contributed by atoms with van der Waals surface area (Å²) in [5.41, 5.74) is 0.881. The SMILES string of the molecule is Cc1csc(CNS(=O)(=O)CCO)n1. The lowest BCUT2D eigenvalue weighted by atomic mass is 10.6. The van der Waals surface area contributed by atoms with E-state index >= 15 is 0 Å². The van der Waals surface area contributed by atoms with Gasteiger partial charge in [0.05, 0.1) is 18.9 Å². The molecule has 0 aliphatic heterocycles. The van der Waals surface area contributed by atoms with E-state index < -0.39 is 10.0 Å². The fraction of sp³-hybridized carbons (Fsp3) is 0.571. The van der Waals surface area contributed by atoms with Gasteiger partial charge in [0.1, 0.15) is 5.01 Å². The lowest BCUT2D eigenvalue weighted by molar-refractivity contribution is 0.319. The van der Waals surface area contributed by atoms with Gasteiger partial charge in [-0.1, -0.05) is 0 Å². The molecule has 1 aromatic rings. The molecule has 0 atom stereocenters. The third-order valence-corrected chi connectivity index (χ3v) is 3.74. The quantitative estimate of drug-likeness (QED) is 0.746. The molecule has 0 saturated heterocycles. The van der Waals surface area contributed by atoms with Gasteiger partial charge in [0.2, 0.25) is 10.0 Å². The number of aliphatic hydroxyl groups excluding tert-OH is 1. The van der Waals surface area contributed by atoms with Crippen LogP contribution in [0.4, 0.5) is 0 Å². The number of rotatable bonds is 5. The minimum absolute atomic E-state index is 0.195. The van der Waals surface area contributed by atoms with Crippen LogP contribution in [0.25, 0.3) is 0 Å². The Hall–Kier alpha value is -0.500. The molecular formula is C7H12N2O3S2. The van der Waals surface area contributed by atoms with Crippen molar-refractivity contribution >= 4 is 21.4 Å². The zero-order valence-corrected chi connectivity index (χ0v) is 9.36. The van der Waals surface area contributed by atoms with E-state index in [4.69, 9.17) is 5.11 Å². The molecule has 14 heavy (non-hydrogen) atoms. The van der Waals surface area contributed by atoms with Crippen LogP contribution in [-0.2, 0) is 16.6 Å². The molecule has 0 unspecified atom stereocenters. The maximum absolute atomic E-state index is 11.1. The predicted molar refractivity (Wildman–Crippen MR) is 54.6 cm³/mol. The summed E-state index contributed by atoms with van der Waals surface area (Å²) in [5, 5.41) is 11.1. The highest BCUT2D eigenvalue weighted by molar-refractivity contribution is 7.89. The van der Waals surface area contributed by atoms with Crippen molar-refractivity contribution < 1.29 is 13.5 Å². The molecule has 0 aromatic carbocycles. The van der Waals surface area contributed by atoms with E-state index in [1.807, 2.05) is 12.3 Å². The summed E-state index contributed by atoms with van der Waals surface area (Å²) in [7, 11) is -3.35. The van der Waals surface area contributed by atoms with Crippen molar-refractivity contribution in [2.45, 2.75) is 13.5 Å². The fourth-order valence-corrected chi connectivity index (χ4v) is 2.39. The van der Waals surface area contributed by atoms with E-state index in [0.717, 1.165) is 10.7 Å². The first-order valence-corrected chi connectivity index (χ1v) is 6.56. The number of thiazole rings is 1. The van der Waals surface area contributed by atoms with Gasteiger partial charge in [-0.05, 0) is 6.92 Å². The van der Waals surface area contributed by atoms with Crippen molar-refractivity contribution in [2.24, 2.45) is 0 Å². The number of nitrogens with zero attached hydrogens (tertiary/aromatic N) is 1. The van der Waals surface area contributed by atoms with Gasteiger partial charge in [-0.25, -0.2) is 18.1 Å². The van der Waals surface area contributed by atoms with Gasteiger partial charge in [-0.3, -0.25) is 0 Å². The lowest BCUT2D eigenvalue weighted by Gasteiger charge is -2.01. The normalized spacial score (nSPS) is 11.9. The topological polar surface area (TPSA) is 79.3 Å². The van der Waals surface area contributed by atoms with E-state index in [1.54, 1.807) is 0 Å². The van der Waals surface area contributed by atoms with Gasteiger partial charge < -0.3 is 5.11 Å². The average molecular weight is 236 g/mol. The summed E-state index contributed by atoms with van der Waals surface area (Å²) in [6, 6.07) is 0. The Balaban J connectivity index is 2.48. The maximum Gasteiger partial charge on any atom is 0.214 e. The minimum atomic E-state index is -3.35. The molecule has 0 saturated carbocycles. The molecule has 0 bridgehead atoms. The highest BCUT2D eigenvalue weighted by Gasteiger charge is 2.09. The van der Waals surface area contributed by atoms with E-state index in [-0.39, 0.29) is 18.9 Å². The van der Waals surface area contributed by atoms with Gasteiger partial charge in [0.25, 0.3) is 0 Å². The summed E-state index contributed by atoms with van der Waals surface area (Å²) in [4.78, 5) is 4.10. The van der Waals surface area contributed by atoms with Gasteiger partial charge in [-0.15, -0.1) is 11.3 Å². The van der Waals surface area contributed by atoms with Crippen LogP contribution in [0.1, 0.15) is 10.7 Å². The number of aromatic nitrogens is 1. The van der Waals surface area contributed by atoms with Crippen LogP contribution in [0.5, 0.6) is 0 Å². The van der Waals surface area contributed by atoms with Gasteiger partial charge in [0.15, 0.2) is 0 Å². The van der Waals surface area contributed by atoms with Crippen molar-refractivity contribution in [3.8, 4) is 0 Å². The molecule has 0 spiro atoms. The third kappa shape index (κ3) is 3.70.